The molecule has 2 spiro atoms. The van der Waals surface area contributed by atoms with E-state index >= 15 is 0 Å². The van der Waals surface area contributed by atoms with Crippen LogP contribution in [0.1, 0.15) is 84.0 Å². The molecule has 3 aromatic rings. The van der Waals surface area contributed by atoms with E-state index in [0.717, 1.165) is 86.1 Å². The molecule has 0 radical (unpaired) electrons. The van der Waals surface area contributed by atoms with Crippen molar-refractivity contribution in [2.75, 3.05) is 39.0 Å². The minimum absolute atomic E-state index is 0.0467. The number of thiophene rings is 1. The van der Waals surface area contributed by atoms with Gasteiger partial charge in [-0.25, -0.2) is 9.37 Å². The Morgan fingerprint density at radius 1 is 1.20 bits per heavy atom. The standard InChI is InChI=1S/C32H38FN7O3S/c1-17(22-13-18(33)15-40(22)2)42-30-20-7-10-32(16-36-11-12-41-32)26(20)37-29(38-30)25-19-5-3-8-31(27(19)43-39-25)9-4-6-23-24(31)21(14-34)28(35)44-23/h17-18,22,36H,3-13,15-16,35H2,1-2H3/t17-,18+,22-,31-,32-/m0/s1. The van der Waals surface area contributed by atoms with Gasteiger partial charge in [-0.05, 0) is 77.3 Å². The van der Waals surface area contributed by atoms with Gasteiger partial charge in [-0.15, -0.1) is 11.3 Å². The summed E-state index contributed by atoms with van der Waals surface area (Å²) < 4.78 is 33.6. The van der Waals surface area contributed by atoms with E-state index in [0.29, 0.717) is 54.1 Å². The van der Waals surface area contributed by atoms with Crippen LogP contribution >= 0.6 is 11.3 Å². The largest absolute Gasteiger partial charge is 0.473 e. The molecule has 2 saturated heterocycles. The number of aryl methyl sites for hydroxylation is 1. The number of fused-ring (bicyclic) bond motifs is 6. The number of ether oxygens (including phenoxy) is 2. The fraction of sp³-hybridized carbons (Fsp3) is 0.625. The van der Waals surface area contributed by atoms with Crippen molar-refractivity contribution in [1.29, 1.82) is 5.26 Å². The molecule has 0 bridgehead atoms. The number of hydrogen-bond acceptors (Lipinski definition) is 11. The maximum absolute atomic E-state index is 14.3. The van der Waals surface area contributed by atoms with Crippen LogP contribution in [0.2, 0.25) is 0 Å². The van der Waals surface area contributed by atoms with Crippen LogP contribution in [0.5, 0.6) is 5.88 Å². The van der Waals surface area contributed by atoms with Crippen molar-refractivity contribution in [2.24, 2.45) is 0 Å². The molecular weight excluding hydrogens is 581 g/mol. The number of nitrogen functional groups attached to an aromatic ring is 1. The lowest BCUT2D eigenvalue weighted by atomic mass is 9.63. The minimum Gasteiger partial charge on any atom is -0.473 e. The number of anilines is 1. The van der Waals surface area contributed by atoms with Crippen molar-refractivity contribution in [3.05, 3.63) is 38.6 Å². The van der Waals surface area contributed by atoms with E-state index in [-0.39, 0.29) is 12.1 Å². The highest BCUT2D eigenvalue weighted by molar-refractivity contribution is 7.16. The number of likely N-dealkylation sites (N-methyl/N-ethyl adjacent to an activating group) is 1. The van der Waals surface area contributed by atoms with Crippen LogP contribution in [0.3, 0.4) is 0 Å². The lowest BCUT2D eigenvalue weighted by Crippen LogP contribution is -2.46. The highest BCUT2D eigenvalue weighted by Crippen LogP contribution is 2.55. The number of nitrogens with one attached hydrogen (secondary N) is 1. The third-order valence-electron chi connectivity index (χ3n) is 10.7. The summed E-state index contributed by atoms with van der Waals surface area (Å²) in [6.07, 6.45) is 6.25. The monoisotopic (exact) mass is 619 g/mol. The van der Waals surface area contributed by atoms with Crippen molar-refractivity contribution in [2.45, 2.75) is 94.0 Å². The summed E-state index contributed by atoms with van der Waals surface area (Å²) in [5.41, 5.74) is 10.4. The average Bonchev–Trinajstić information content (AvgIpc) is 3.78. The molecule has 0 saturated carbocycles. The topological polar surface area (TPSA) is 135 Å². The molecule has 10 nitrogen and oxygen atoms in total. The Hall–Kier alpha value is -3.11. The molecule has 5 aliphatic rings. The van der Waals surface area contributed by atoms with Gasteiger partial charge in [0.2, 0.25) is 5.88 Å². The van der Waals surface area contributed by atoms with Gasteiger partial charge < -0.3 is 25.0 Å². The summed E-state index contributed by atoms with van der Waals surface area (Å²) >= 11 is 1.54. The summed E-state index contributed by atoms with van der Waals surface area (Å²) in [6.45, 7) is 4.47. The van der Waals surface area contributed by atoms with Crippen molar-refractivity contribution in [3.63, 3.8) is 0 Å². The maximum Gasteiger partial charge on any atom is 0.220 e. The third-order valence-corrected chi connectivity index (χ3v) is 11.8. The third kappa shape index (κ3) is 4.16. The SMILES string of the molecule is C[C@H](Oc1nc(-c2noc3c2CCC[C@@]32CCCc3sc(N)c(C#N)c32)nc2c1CC[C@]21CNCCO1)[C@@H]1C[C@@H](F)CN1C. The minimum atomic E-state index is -0.859. The Morgan fingerprint density at radius 3 is 2.80 bits per heavy atom. The second-order valence-corrected chi connectivity index (χ2v) is 14.4. The summed E-state index contributed by atoms with van der Waals surface area (Å²) in [5, 5.41) is 18.8. The highest BCUT2D eigenvalue weighted by Gasteiger charge is 2.50. The van der Waals surface area contributed by atoms with E-state index in [2.05, 4.69) is 16.5 Å². The molecule has 8 rings (SSSR count). The summed E-state index contributed by atoms with van der Waals surface area (Å²) in [7, 11) is 1.95. The number of nitrogens with two attached hydrogens (primary N) is 1. The zero-order valence-electron chi connectivity index (χ0n) is 25.2. The van der Waals surface area contributed by atoms with Gasteiger partial charge in [0.1, 0.15) is 28.9 Å². The molecule has 12 heteroatoms. The first-order valence-corrected chi connectivity index (χ1v) is 16.7. The summed E-state index contributed by atoms with van der Waals surface area (Å²) in [6, 6.07) is 2.35. The molecule has 2 fully saturated rings. The molecule has 0 amide bonds. The number of halogens is 1. The second kappa shape index (κ2) is 10.5. The van der Waals surface area contributed by atoms with Gasteiger partial charge in [-0.1, -0.05) is 5.16 Å². The smallest absolute Gasteiger partial charge is 0.220 e. The Labute approximate surface area is 260 Å². The number of nitriles is 1. The number of rotatable bonds is 4. The van der Waals surface area contributed by atoms with Crippen LogP contribution in [0, 0.1) is 11.3 Å². The number of morpholine rings is 1. The Morgan fingerprint density at radius 2 is 2.05 bits per heavy atom. The number of alkyl halides is 1. The fourth-order valence-electron chi connectivity index (χ4n) is 8.67. The van der Waals surface area contributed by atoms with Gasteiger partial charge in [-0.3, -0.25) is 4.90 Å². The Bertz CT molecular complexity index is 1660. The fourth-order valence-corrected chi connectivity index (χ4v) is 9.83. The van der Waals surface area contributed by atoms with Crippen LogP contribution in [0.4, 0.5) is 9.39 Å². The molecule has 3 aromatic heterocycles. The first-order chi connectivity index (χ1) is 21.3. The van der Waals surface area contributed by atoms with Crippen LogP contribution in [-0.2, 0) is 35.0 Å². The van der Waals surface area contributed by atoms with Crippen molar-refractivity contribution < 1.29 is 18.4 Å². The predicted octanol–water partition coefficient (Wildman–Crippen LogP) is 4.18. The first kappa shape index (κ1) is 28.4. The van der Waals surface area contributed by atoms with Gasteiger partial charge in [-0.2, -0.15) is 10.2 Å². The van der Waals surface area contributed by atoms with E-state index in [1.54, 1.807) is 0 Å². The molecule has 232 valence electrons. The molecule has 0 aromatic carbocycles. The average molecular weight is 620 g/mol. The molecule has 5 atom stereocenters. The van der Waals surface area contributed by atoms with Gasteiger partial charge >= 0.3 is 0 Å². The zero-order valence-corrected chi connectivity index (χ0v) is 26.1. The first-order valence-electron chi connectivity index (χ1n) is 15.9. The van der Waals surface area contributed by atoms with Gasteiger partial charge in [0.05, 0.1) is 23.3 Å². The maximum atomic E-state index is 14.3. The van der Waals surface area contributed by atoms with Gasteiger partial charge in [0, 0.05) is 41.7 Å². The molecule has 5 heterocycles. The normalized spacial score (nSPS) is 30.2. The molecular formula is C32H38FN7O3S. The van der Waals surface area contributed by atoms with E-state index in [9.17, 15) is 9.65 Å². The van der Waals surface area contributed by atoms with Crippen LogP contribution in [0.15, 0.2) is 4.52 Å². The molecule has 44 heavy (non-hydrogen) atoms. The van der Waals surface area contributed by atoms with E-state index in [4.69, 9.17) is 29.7 Å². The zero-order chi connectivity index (χ0) is 30.2. The predicted molar refractivity (Wildman–Crippen MR) is 162 cm³/mol. The molecule has 3 N–H and O–H groups in total. The Kier molecular flexibility index (Phi) is 6.75. The second-order valence-electron chi connectivity index (χ2n) is 13.2. The van der Waals surface area contributed by atoms with E-state index in [1.165, 1.54) is 16.2 Å². The van der Waals surface area contributed by atoms with Crippen molar-refractivity contribution >= 4 is 16.3 Å². The van der Waals surface area contributed by atoms with E-state index < -0.39 is 17.2 Å². The van der Waals surface area contributed by atoms with Crippen molar-refractivity contribution in [1.82, 2.24) is 25.3 Å². The van der Waals surface area contributed by atoms with Crippen molar-refractivity contribution in [3.8, 4) is 23.5 Å². The quantitative estimate of drug-likeness (QED) is 0.438. The number of hydrogen-bond donors (Lipinski definition) is 2. The van der Waals surface area contributed by atoms with Crippen LogP contribution in [-0.4, -0.2) is 71.6 Å². The molecule has 2 aliphatic heterocycles. The highest BCUT2D eigenvalue weighted by atomic mass is 32.1. The van der Waals surface area contributed by atoms with Crippen LogP contribution in [0.25, 0.3) is 11.5 Å². The summed E-state index contributed by atoms with van der Waals surface area (Å²) in [5.74, 6) is 1.81. The number of nitrogens with zero attached hydrogens (tertiary/aromatic N) is 5. The van der Waals surface area contributed by atoms with Crippen LogP contribution < -0.4 is 15.8 Å². The number of aromatic nitrogens is 3. The Balaban J connectivity index is 1.24. The lowest BCUT2D eigenvalue weighted by molar-refractivity contribution is -0.0721. The lowest BCUT2D eigenvalue weighted by Gasteiger charge is -2.39. The molecule has 3 aliphatic carbocycles. The van der Waals surface area contributed by atoms with Gasteiger partial charge in [0.25, 0.3) is 0 Å². The van der Waals surface area contributed by atoms with Gasteiger partial charge in [0.15, 0.2) is 17.3 Å². The number of likely N-dealkylation sites (tertiary alicyclic amines) is 1. The summed E-state index contributed by atoms with van der Waals surface area (Å²) in [4.78, 5) is 13.4. The molecule has 0 unspecified atom stereocenters. The van der Waals surface area contributed by atoms with E-state index in [1.807, 2.05) is 18.9 Å².